The fourth-order valence-corrected chi connectivity index (χ4v) is 5.25. The molecule has 1 heterocycles. The summed E-state index contributed by atoms with van der Waals surface area (Å²) in [4.78, 5) is 2.66. The fraction of sp³-hybridized carbons (Fsp3) is 0.417. The van der Waals surface area contributed by atoms with E-state index in [-0.39, 0.29) is 17.8 Å². The van der Waals surface area contributed by atoms with Gasteiger partial charge in [0.1, 0.15) is 5.75 Å². The molecule has 2 bridgehead atoms. The average Bonchev–Trinajstić information content (AvgIpc) is 2.63. The van der Waals surface area contributed by atoms with E-state index >= 15 is 0 Å². The van der Waals surface area contributed by atoms with E-state index in [1.54, 1.807) is 0 Å². The highest BCUT2D eigenvalue weighted by atomic mass is 35.5. The molecule has 0 radical (unpaired) electrons. The first-order valence-corrected chi connectivity index (χ1v) is 9.77. The van der Waals surface area contributed by atoms with Gasteiger partial charge in [0.2, 0.25) is 0 Å². The molecule has 1 aliphatic carbocycles. The molecule has 27 heavy (non-hydrogen) atoms. The minimum Gasteiger partial charge on any atom is -0.508 e. The summed E-state index contributed by atoms with van der Waals surface area (Å²) in [6.45, 7) is 8.92. The Morgan fingerprint density at radius 3 is 2.63 bits per heavy atom. The summed E-state index contributed by atoms with van der Waals surface area (Å²) in [5.41, 5.74) is 5.52. The number of hydrogen-bond acceptors (Lipinski definition) is 2. The lowest BCUT2D eigenvalue weighted by Crippen LogP contribution is -2.59. The smallest absolute Gasteiger partial charge is 0.115 e. The number of piperidine rings is 1. The first kappa shape index (κ1) is 20.0. The van der Waals surface area contributed by atoms with Crippen LogP contribution in [-0.2, 0) is 11.8 Å². The zero-order valence-corrected chi connectivity index (χ0v) is 17.3. The molecule has 2 aliphatic rings. The molecule has 144 valence electrons. The molecule has 1 saturated heterocycles. The summed E-state index contributed by atoms with van der Waals surface area (Å²) in [5.74, 6) is 0.898. The van der Waals surface area contributed by atoms with Gasteiger partial charge >= 0.3 is 0 Å². The lowest BCUT2D eigenvalue weighted by molar-refractivity contribution is 0.0497. The molecule has 2 nitrogen and oxygen atoms in total. The van der Waals surface area contributed by atoms with Crippen molar-refractivity contribution in [3.63, 3.8) is 0 Å². The Morgan fingerprint density at radius 2 is 1.93 bits per heavy atom. The van der Waals surface area contributed by atoms with Crippen LogP contribution in [0, 0.1) is 5.92 Å². The molecule has 1 fully saturated rings. The van der Waals surface area contributed by atoms with E-state index in [4.69, 9.17) is 0 Å². The standard InChI is InChI=1S/C24H29NO.ClH/c1-17(2)11-13-25-14-12-24(20-7-5-4-6-8-20)18(3)23(25)15-19-9-10-21(26)16-22(19)24;/h4-11,16,18,23,26H,12-15H2,1-3H3;1H. The highest BCUT2D eigenvalue weighted by Crippen LogP contribution is 2.53. The van der Waals surface area contributed by atoms with Crippen LogP contribution in [0.25, 0.3) is 0 Å². The molecule has 1 N–H and O–H groups in total. The highest BCUT2D eigenvalue weighted by Gasteiger charge is 2.51. The third-order valence-electron chi connectivity index (χ3n) is 6.64. The van der Waals surface area contributed by atoms with Crippen LogP contribution in [-0.4, -0.2) is 29.1 Å². The Labute approximate surface area is 169 Å². The lowest BCUT2D eigenvalue weighted by atomic mass is 9.55. The van der Waals surface area contributed by atoms with Crippen molar-refractivity contribution in [2.75, 3.05) is 13.1 Å². The summed E-state index contributed by atoms with van der Waals surface area (Å²) >= 11 is 0. The number of halogens is 1. The molecule has 1 aliphatic heterocycles. The summed E-state index contributed by atoms with van der Waals surface area (Å²) in [5, 5.41) is 10.2. The van der Waals surface area contributed by atoms with Gasteiger partial charge in [-0.05, 0) is 68.0 Å². The van der Waals surface area contributed by atoms with Gasteiger partial charge in [-0.2, -0.15) is 0 Å². The predicted octanol–water partition coefficient (Wildman–Crippen LogP) is 5.33. The minimum absolute atomic E-state index is 0. The Balaban J connectivity index is 0.00000210. The third-order valence-corrected chi connectivity index (χ3v) is 6.64. The van der Waals surface area contributed by atoms with E-state index in [0.717, 1.165) is 25.9 Å². The second-order valence-corrected chi connectivity index (χ2v) is 8.27. The number of hydrogen-bond donors (Lipinski definition) is 1. The van der Waals surface area contributed by atoms with Gasteiger partial charge < -0.3 is 5.11 Å². The Bertz CT molecular complexity index is 828. The van der Waals surface area contributed by atoms with Crippen molar-refractivity contribution < 1.29 is 5.11 Å². The van der Waals surface area contributed by atoms with E-state index < -0.39 is 0 Å². The van der Waals surface area contributed by atoms with Crippen LogP contribution in [0.4, 0.5) is 0 Å². The second-order valence-electron chi connectivity index (χ2n) is 8.27. The van der Waals surface area contributed by atoms with Gasteiger partial charge in [-0.25, -0.2) is 0 Å². The number of nitrogens with zero attached hydrogens (tertiary/aromatic N) is 1. The normalized spacial score (nSPS) is 26.6. The van der Waals surface area contributed by atoms with Gasteiger partial charge in [-0.1, -0.05) is 55.0 Å². The molecule has 2 aromatic carbocycles. The zero-order valence-electron chi connectivity index (χ0n) is 16.5. The zero-order chi connectivity index (χ0) is 18.3. The molecule has 0 saturated carbocycles. The van der Waals surface area contributed by atoms with E-state index in [9.17, 15) is 5.11 Å². The van der Waals surface area contributed by atoms with E-state index in [2.05, 4.69) is 68.1 Å². The number of phenolic OH excluding ortho intramolecular Hbond substituents is 1. The van der Waals surface area contributed by atoms with E-state index in [1.807, 2.05) is 12.1 Å². The van der Waals surface area contributed by atoms with Crippen molar-refractivity contribution in [2.45, 2.75) is 45.1 Å². The maximum absolute atomic E-state index is 10.2. The molecule has 3 atom stereocenters. The summed E-state index contributed by atoms with van der Waals surface area (Å²) < 4.78 is 0. The number of phenols is 1. The number of allylic oxidation sites excluding steroid dienone is 1. The molecule has 0 amide bonds. The topological polar surface area (TPSA) is 23.5 Å². The van der Waals surface area contributed by atoms with Crippen LogP contribution in [0.5, 0.6) is 5.75 Å². The first-order valence-electron chi connectivity index (χ1n) is 9.77. The fourth-order valence-electron chi connectivity index (χ4n) is 5.25. The molecular formula is C24H30ClNO. The first-order chi connectivity index (χ1) is 12.5. The Kier molecular flexibility index (Phi) is 5.69. The number of fused-ring (bicyclic) bond motifs is 4. The molecule has 4 rings (SSSR count). The molecular weight excluding hydrogens is 354 g/mol. The van der Waals surface area contributed by atoms with Gasteiger partial charge in [-0.3, -0.25) is 4.90 Å². The van der Waals surface area contributed by atoms with E-state index in [1.165, 1.54) is 22.3 Å². The number of likely N-dealkylation sites (tertiary alicyclic amines) is 1. The van der Waals surface area contributed by atoms with E-state index in [0.29, 0.717) is 17.7 Å². The van der Waals surface area contributed by atoms with Gasteiger partial charge in [0.25, 0.3) is 0 Å². The van der Waals surface area contributed by atoms with Crippen LogP contribution in [0.1, 0.15) is 43.9 Å². The molecule has 3 unspecified atom stereocenters. The Hall–Kier alpha value is -1.77. The van der Waals surface area contributed by atoms with Gasteiger partial charge in [-0.15, -0.1) is 12.4 Å². The summed E-state index contributed by atoms with van der Waals surface area (Å²) in [7, 11) is 0. The van der Waals surface area contributed by atoms with Crippen LogP contribution >= 0.6 is 12.4 Å². The summed E-state index contributed by atoms with van der Waals surface area (Å²) in [6.07, 6.45) is 4.53. The molecule has 0 aromatic heterocycles. The van der Waals surface area contributed by atoms with Gasteiger partial charge in [0.05, 0.1) is 0 Å². The predicted molar refractivity (Wildman–Crippen MR) is 115 cm³/mol. The van der Waals surface area contributed by atoms with Crippen molar-refractivity contribution in [3.8, 4) is 5.75 Å². The van der Waals surface area contributed by atoms with Crippen molar-refractivity contribution in [1.82, 2.24) is 4.90 Å². The van der Waals surface area contributed by atoms with Crippen LogP contribution < -0.4 is 0 Å². The van der Waals surface area contributed by atoms with Crippen molar-refractivity contribution in [3.05, 3.63) is 76.9 Å². The number of aromatic hydroxyl groups is 1. The Morgan fingerprint density at radius 1 is 1.19 bits per heavy atom. The largest absolute Gasteiger partial charge is 0.508 e. The van der Waals surface area contributed by atoms with Crippen LogP contribution in [0.15, 0.2) is 60.2 Å². The SMILES string of the molecule is CC(C)=CCN1CCC2(c3ccccc3)c3cc(O)ccc3CC1C2C.Cl. The quantitative estimate of drug-likeness (QED) is 0.724. The van der Waals surface area contributed by atoms with Gasteiger partial charge in [0.15, 0.2) is 0 Å². The average molecular weight is 384 g/mol. The van der Waals surface area contributed by atoms with Crippen molar-refractivity contribution >= 4 is 12.4 Å². The number of rotatable bonds is 3. The van der Waals surface area contributed by atoms with Gasteiger partial charge in [0, 0.05) is 18.0 Å². The second kappa shape index (κ2) is 7.69. The third kappa shape index (κ3) is 3.30. The molecule has 2 aromatic rings. The maximum atomic E-state index is 10.2. The number of benzene rings is 2. The van der Waals surface area contributed by atoms with Crippen molar-refractivity contribution in [1.29, 1.82) is 0 Å². The maximum Gasteiger partial charge on any atom is 0.115 e. The molecule has 3 heteroatoms. The minimum atomic E-state index is -0.000274. The summed E-state index contributed by atoms with van der Waals surface area (Å²) in [6, 6.07) is 17.5. The monoisotopic (exact) mass is 383 g/mol. The van der Waals surface area contributed by atoms with Crippen LogP contribution in [0.3, 0.4) is 0 Å². The van der Waals surface area contributed by atoms with Crippen molar-refractivity contribution in [2.24, 2.45) is 5.92 Å². The molecule has 0 spiro atoms. The lowest BCUT2D eigenvalue weighted by Gasteiger charge is -2.56. The highest BCUT2D eigenvalue weighted by molar-refractivity contribution is 5.85. The van der Waals surface area contributed by atoms with Crippen LogP contribution in [0.2, 0.25) is 0 Å².